The van der Waals surface area contributed by atoms with Gasteiger partial charge in [0.2, 0.25) is 6.79 Å². The Hall–Kier alpha value is -5.39. The maximum absolute atomic E-state index is 13.1. The largest absolute Gasteiger partial charge is 0.490 e. The third kappa shape index (κ3) is 8.07. The molecule has 12 heteroatoms. The van der Waals surface area contributed by atoms with Crippen molar-refractivity contribution in [2.75, 3.05) is 31.9 Å². The molecule has 0 atom stereocenters. The fourth-order valence-corrected chi connectivity index (χ4v) is 3.88. The average Bonchev–Trinajstić information content (AvgIpc) is 3.45. The zero-order valence-electron chi connectivity index (χ0n) is 22.8. The van der Waals surface area contributed by atoms with E-state index in [9.17, 15) is 18.8 Å². The van der Waals surface area contributed by atoms with E-state index in [0.717, 1.165) is 0 Å². The molecule has 0 aliphatic carbocycles. The van der Waals surface area contributed by atoms with Crippen LogP contribution in [0, 0.1) is 5.82 Å². The minimum Gasteiger partial charge on any atom is -0.490 e. The number of hydrogen-bond acceptors (Lipinski definition) is 8. The van der Waals surface area contributed by atoms with Crippen molar-refractivity contribution in [2.45, 2.75) is 13.3 Å². The van der Waals surface area contributed by atoms with Gasteiger partial charge in [0.15, 0.2) is 29.6 Å². The van der Waals surface area contributed by atoms with Crippen LogP contribution >= 0.6 is 0 Å². The van der Waals surface area contributed by atoms with Gasteiger partial charge in [0.1, 0.15) is 5.82 Å². The molecule has 1 heterocycles. The van der Waals surface area contributed by atoms with Gasteiger partial charge in [0.25, 0.3) is 17.7 Å². The summed E-state index contributed by atoms with van der Waals surface area (Å²) in [7, 11) is 0. The SMILES string of the molecule is C=CCc1cc(/C=N/NC(=O)CNC(=O)c2ccc3c(c2)OCO3)cc(OCC)c1OCC(=O)Nc1ccc(F)cc1. The topological polar surface area (TPSA) is 137 Å². The molecule has 0 bridgehead atoms. The van der Waals surface area contributed by atoms with Gasteiger partial charge in [-0.25, -0.2) is 9.82 Å². The summed E-state index contributed by atoms with van der Waals surface area (Å²) in [5.41, 5.74) is 4.38. The smallest absolute Gasteiger partial charge is 0.262 e. The average molecular weight is 577 g/mol. The maximum atomic E-state index is 13.1. The number of halogens is 1. The molecule has 0 spiro atoms. The van der Waals surface area contributed by atoms with E-state index < -0.39 is 23.5 Å². The maximum Gasteiger partial charge on any atom is 0.262 e. The molecule has 0 radical (unpaired) electrons. The van der Waals surface area contributed by atoms with E-state index in [1.54, 1.807) is 37.3 Å². The second kappa shape index (κ2) is 14.3. The Morgan fingerprint density at radius 2 is 1.81 bits per heavy atom. The van der Waals surface area contributed by atoms with Crippen LogP contribution in [0.2, 0.25) is 0 Å². The van der Waals surface area contributed by atoms with Crippen molar-refractivity contribution in [3.63, 3.8) is 0 Å². The zero-order chi connectivity index (χ0) is 29.9. The lowest BCUT2D eigenvalue weighted by molar-refractivity contribution is -0.120. The van der Waals surface area contributed by atoms with Gasteiger partial charge in [-0.05, 0) is 73.5 Å². The fourth-order valence-electron chi connectivity index (χ4n) is 3.88. The number of nitrogens with one attached hydrogen (secondary N) is 3. The Morgan fingerprint density at radius 3 is 2.57 bits per heavy atom. The van der Waals surface area contributed by atoms with Crippen LogP contribution in [0.15, 0.2) is 72.4 Å². The molecular formula is C30H29FN4O7. The van der Waals surface area contributed by atoms with Crippen molar-refractivity contribution < 1.29 is 37.7 Å². The summed E-state index contributed by atoms with van der Waals surface area (Å²) in [5.74, 6) is -0.0972. The Labute approximate surface area is 241 Å². The second-order valence-electron chi connectivity index (χ2n) is 8.82. The quantitative estimate of drug-likeness (QED) is 0.161. The van der Waals surface area contributed by atoms with E-state index in [1.807, 2.05) is 0 Å². The Kier molecular flexibility index (Phi) is 10.1. The predicted octanol–water partition coefficient (Wildman–Crippen LogP) is 3.58. The van der Waals surface area contributed by atoms with Gasteiger partial charge in [0, 0.05) is 16.8 Å². The molecule has 1 aliphatic rings. The number of ether oxygens (including phenoxy) is 4. The number of hydrazone groups is 1. The van der Waals surface area contributed by atoms with Crippen molar-refractivity contribution in [3.05, 3.63) is 89.8 Å². The molecule has 3 N–H and O–H groups in total. The predicted molar refractivity (Wildman–Crippen MR) is 153 cm³/mol. The molecule has 0 saturated heterocycles. The summed E-state index contributed by atoms with van der Waals surface area (Å²) >= 11 is 0. The molecule has 1 aliphatic heterocycles. The van der Waals surface area contributed by atoms with Crippen LogP contribution in [0.1, 0.15) is 28.4 Å². The van der Waals surface area contributed by atoms with E-state index in [2.05, 4.69) is 27.7 Å². The summed E-state index contributed by atoms with van der Waals surface area (Å²) in [6.45, 7) is 5.38. The van der Waals surface area contributed by atoms with Gasteiger partial charge in [-0.3, -0.25) is 14.4 Å². The highest BCUT2D eigenvalue weighted by Crippen LogP contribution is 2.34. The van der Waals surface area contributed by atoms with Crippen LogP contribution in [0.4, 0.5) is 10.1 Å². The summed E-state index contributed by atoms with van der Waals surface area (Å²) in [4.78, 5) is 37.0. The van der Waals surface area contributed by atoms with Gasteiger partial charge >= 0.3 is 0 Å². The first-order valence-corrected chi connectivity index (χ1v) is 12.9. The Morgan fingerprint density at radius 1 is 1.02 bits per heavy atom. The van der Waals surface area contributed by atoms with E-state index in [-0.39, 0.29) is 19.9 Å². The van der Waals surface area contributed by atoms with Crippen LogP contribution in [-0.2, 0) is 16.0 Å². The molecular weight excluding hydrogens is 547 g/mol. The first kappa shape index (κ1) is 29.6. The highest BCUT2D eigenvalue weighted by atomic mass is 19.1. The summed E-state index contributed by atoms with van der Waals surface area (Å²) in [6, 6.07) is 13.5. The molecule has 3 aromatic rings. The number of rotatable bonds is 13. The van der Waals surface area contributed by atoms with Crippen molar-refractivity contribution in [3.8, 4) is 23.0 Å². The van der Waals surface area contributed by atoms with Crippen molar-refractivity contribution in [1.29, 1.82) is 0 Å². The summed E-state index contributed by atoms with van der Waals surface area (Å²) < 4.78 is 35.2. The van der Waals surface area contributed by atoms with Crippen molar-refractivity contribution in [1.82, 2.24) is 10.7 Å². The number of carbonyl (C=O) groups excluding carboxylic acids is 3. The molecule has 3 aromatic carbocycles. The van der Waals surface area contributed by atoms with Gasteiger partial charge in [0.05, 0.1) is 19.4 Å². The van der Waals surface area contributed by atoms with Gasteiger partial charge in [-0.15, -0.1) is 6.58 Å². The summed E-state index contributed by atoms with van der Waals surface area (Å²) in [5, 5.41) is 9.13. The lowest BCUT2D eigenvalue weighted by Crippen LogP contribution is -2.34. The third-order valence-electron chi connectivity index (χ3n) is 5.74. The number of anilines is 1. The first-order chi connectivity index (χ1) is 20.4. The van der Waals surface area contributed by atoms with Crippen molar-refractivity contribution >= 4 is 29.6 Å². The molecule has 11 nitrogen and oxygen atoms in total. The molecule has 4 rings (SSSR count). The number of carbonyl (C=O) groups is 3. The molecule has 3 amide bonds. The van der Waals surface area contributed by atoms with Crippen molar-refractivity contribution in [2.24, 2.45) is 5.10 Å². The van der Waals surface area contributed by atoms with E-state index in [0.29, 0.717) is 58.4 Å². The molecule has 0 saturated carbocycles. The van der Waals surface area contributed by atoms with Crippen LogP contribution in [0.25, 0.3) is 0 Å². The highest BCUT2D eigenvalue weighted by Gasteiger charge is 2.17. The van der Waals surface area contributed by atoms with Crippen LogP contribution < -0.4 is 35.0 Å². The monoisotopic (exact) mass is 576 g/mol. The Bertz CT molecular complexity index is 1490. The number of amides is 3. The highest BCUT2D eigenvalue weighted by molar-refractivity contribution is 5.97. The normalized spacial score (nSPS) is 11.6. The first-order valence-electron chi connectivity index (χ1n) is 12.9. The zero-order valence-corrected chi connectivity index (χ0v) is 22.8. The summed E-state index contributed by atoms with van der Waals surface area (Å²) in [6.07, 6.45) is 3.48. The van der Waals surface area contributed by atoms with Gasteiger partial charge in [-0.2, -0.15) is 5.10 Å². The molecule has 0 aromatic heterocycles. The molecule has 0 fully saturated rings. The lowest BCUT2D eigenvalue weighted by atomic mass is 10.1. The van der Waals surface area contributed by atoms with Gasteiger partial charge < -0.3 is 29.6 Å². The lowest BCUT2D eigenvalue weighted by Gasteiger charge is -2.16. The van der Waals surface area contributed by atoms with Crippen LogP contribution in [0.5, 0.6) is 23.0 Å². The molecule has 0 unspecified atom stereocenters. The number of hydrogen-bond donors (Lipinski definition) is 3. The second-order valence-corrected chi connectivity index (χ2v) is 8.82. The van der Waals surface area contributed by atoms with E-state index in [4.69, 9.17) is 18.9 Å². The number of benzene rings is 3. The molecule has 42 heavy (non-hydrogen) atoms. The fraction of sp³-hybridized carbons (Fsp3) is 0.200. The number of allylic oxidation sites excluding steroid dienone is 1. The van der Waals surface area contributed by atoms with Crippen LogP contribution in [0.3, 0.4) is 0 Å². The number of nitrogens with zero attached hydrogens (tertiary/aromatic N) is 1. The Balaban J connectivity index is 1.35. The van der Waals surface area contributed by atoms with E-state index >= 15 is 0 Å². The molecule has 218 valence electrons. The third-order valence-corrected chi connectivity index (χ3v) is 5.74. The van der Waals surface area contributed by atoms with Crippen LogP contribution in [-0.4, -0.2) is 50.5 Å². The standard InChI is InChI=1S/C30H29FN4O7/c1-3-5-20-12-19(13-26(39-4-2)29(20)40-17-28(37)34-23-9-7-22(31)8-10-23)15-33-35-27(36)16-32-30(38)21-6-11-24-25(14-21)42-18-41-24/h3,6-15H,1,4-5,16-18H2,2H3,(H,32,38)(H,34,37)(H,35,36)/b33-15+. The minimum atomic E-state index is -0.538. The number of fused-ring (bicyclic) bond motifs is 1. The minimum absolute atomic E-state index is 0.0910. The van der Waals surface area contributed by atoms with E-state index in [1.165, 1.54) is 36.5 Å². The van der Waals surface area contributed by atoms with Gasteiger partial charge in [-0.1, -0.05) is 6.08 Å².